The molecule has 2 aromatic carbocycles. The van der Waals surface area contributed by atoms with E-state index in [1.165, 1.54) is 53.0 Å². The van der Waals surface area contributed by atoms with Crippen LogP contribution in [-0.4, -0.2) is 4.75 Å². The lowest BCUT2D eigenvalue weighted by Gasteiger charge is -2.31. The Morgan fingerprint density at radius 1 is 0.727 bits per heavy atom. The number of hydrogen-bond donors (Lipinski definition) is 0. The Labute approximate surface area is 214 Å². The molecule has 1 atom stereocenters. The number of thioether (sulfide) groups is 2. The van der Waals surface area contributed by atoms with Gasteiger partial charge in [0.15, 0.2) is 0 Å². The van der Waals surface area contributed by atoms with Crippen molar-refractivity contribution in [2.24, 2.45) is 0 Å². The van der Waals surface area contributed by atoms with Crippen LogP contribution in [0.15, 0.2) is 52.3 Å². The van der Waals surface area contributed by atoms with E-state index < -0.39 is 0 Å². The van der Waals surface area contributed by atoms with E-state index in [0.29, 0.717) is 5.25 Å². The number of hydrogen-bond acceptors (Lipinski definition) is 2. The summed E-state index contributed by atoms with van der Waals surface area (Å²) < 4.78 is 0.241. The smallest absolute Gasteiger partial charge is 0.0355 e. The predicted molar refractivity (Wildman–Crippen MR) is 153 cm³/mol. The lowest BCUT2D eigenvalue weighted by molar-refractivity contribution is 0.438. The highest BCUT2D eigenvalue weighted by Gasteiger charge is 2.27. The molecular formula is C31H48S2. The molecular weight excluding hydrogens is 436 g/mol. The summed E-state index contributed by atoms with van der Waals surface area (Å²) in [6, 6.07) is 16.7. The van der Waals surface area contributed by atoms with Gasteiger partial charge in [-0.05, 0) is 71.4 Å². The van der Waals surface area contributed by atoms with Crippen LogP contribution in [0.5, 0.6) is 0 Å². The average molecular weight is 485 g/mol. The Bertz CT molecular complexity index is 867. The molecule has 0 aliphatic carbocycles. The van der Waals surface area contributed by atoms with Crippen LogP contribution in [0.2, 0.25) is 0 Å². The highest BCUT2D eigenvalue weighted by atomic mass is 32.2. The molecule has 0 aliphatic heterocycles. The molecule has 0 saturated carbocycles. The Kier molecular flexibility index (Phi) is 10.1. The minimum absolute atomic E-state index is 0.195. The first-order valence-corrected chi connectivity index (χ1v) is 14.7. The number of rotatable bonds is 11. The van der Waals surface area contributed by atoms with Crippen LogP contribution in [-0.2, 0) is 10.8 Å². The Hall–Kier alpha value is -0.860. The van der Waals surface area contributed by atoms with Crippen LogP contribution in [0.25, 0.3) is 0 Å². The molecule has 0 nitrogen and oxygen atoms in total. The summed E-state index contributed by atoms with van der Waals surface area (Å²) in [6.45, 7) is 23.4. The zero-order valence-corrected chi connectivity index (χ0v) is 24.6. The molecule has 0 spiro atoms. The highest BCUT2D eigenvalue weighted by Crippen LogP contribution is 2.47. The number of benzene rings is 2. The monoisotopic (exact) mass is 484 g/mol. The SMILES string of the molecule is CCCC(Sc1ccc(C(C)(C)C)cc1)c1cc(C(C)(CC)CC)ccc1SC(C)(C)CC. The topological polar surface area (TPSA) is 0 Å². The van der Waals surface area contributed by atoms with Gasteiger partial charge in [-0.3, -0.25) is 0 Å². The largest absolute Gasteiger partial charge is 0.120 e. The molecule has 0 aromatic heterocycles. The van der Waals surface area contributed by atoms with E-state index in [1.807, 2.05) is 0 Å². The van der Waals surface area contributed by atoms with Gasteiger partial charge in [0.2, 0.25) is 0 Å². The average Bonchev–Trinajstić information content (AvgIpc) is 2.78. The lowest BCUT2D eigenvalue weighted by atomic mass is 9.77. The van der Waals surface area contributed by atoms with Crippen molar-refractivity contribution in [3.63, 3.8) is 0 Å². The first kappa shape index (κ1) is 28.4. The standard InChI is InChI=1S/C31H48S2/c1-11-15-27(32-25-19-16-23(17-20-25)29(5,6)7)26-22-24(31(10,13-3)14-4)18-21-28(26)33-30(8,9)12-2/h16-22,27H,11-15H2,1-10H3. The van der Waals surface area contributed by atoms with E-state index in [4.69, 9.17) is 0 Å². The third kappa shape index (κ3) is 7.56. The van der Waals surface area contributed by atoms with E-state index in [-0.39, 0.29) is 15.6 Å². The van der Waals surface area contributed by atoms with Crippen molar-refractivity contribution in [2.45, 2.75) is 132 Å². The zero-order chi connectivity index (χ0) is 24.9. The highest BCUT2D eigenvalue weighted by molar-refractivity contribution is 8.01. The fourth-order valence-electron chi connectivity index (χ4n) is 4.03. The van der Waals surface area contributed by atoms with Gasteiger partial charge in [0.1, 0.15) is 0 Å². The van der Waals surface area contributed by atoms with E-state index in [0.717, 1.165) is 0 Å². The minimum Gasteiger partial charge on any atom is -0.120 e. The molecule has 0 heterocycles. The molecule has 0 fully saturated rings. The maximum atomic E-state index is 2.57. The van der Waals surface area contributed by atoms with Crippen molar-refractivity contribution in [1.82, 2.24) is 0 Å². The molecule has 0 saturated heterocycles. The maximum absolute atomic E-state index is 2.57. The fraction of sp³-hybridized carbons (Fsp3) is 0.613. The van der Waals surface area contributed by atoms with E-state index in [9.17, 15) is 0 Å². The van der Waals surface area contributed by atoms with Crippen molar-refractivity contribution in [2.75, 3.05) is 0 Å². The summed E-state index contributed by atoms with van der Waals surface area (Å²) >= 11 is 4.12. The van der Waals surface area contributed by atoms with Gasteiger partial charge in [-0.25, -0.2) is 0 Å². The third-order valence-corrected chi connectivity index (χ3v) is 10.2. The van der Waals surface area contributed by atoms with Crippen LogP contribution in [0, 0.1) is 0 Å². The van der Waals surface area contributed by atoms with Crippen LogP contribution in [0.4, 0.5) is 0 Å². The molecule has 0 bridgehead atoms. The van der Waals surface area contributed by atoms with Gasteiger partial charge in [-0.2, -0.15) is 0 Å². The minimum atomic E-state index is 0.195. The van der Waals surface area contributed by atoms with Crippen LogP contribution in [0.1, 0.15) is 123 Å². The summed E-state index contributed by atoms with van der Waals surface area (Å²) in [7, 11) is 0. The lowest BCUT2D eigenvalue weighted by Crippen LogP contribution is -2.20. The van der Waals surface area contributed by atoms with Gasteiger partial charge >= 0.3 is 0 Å². The summed E-state index contributed by atoms with van der Waals surface area (Å²) in [5.74, 6) is 0. The maximum Gasteiger partial charge on any atom is 0.0355 e. The molecule has 2 aromatic rings. The molecule has 184 valence electrons. The van der Waals surface area contributed by atoms with Crippen LogP contribution in [0.3, 0.4) is 0 Å². The van der Waals surface area contributed by atoms with E-state index in [1.54, 1.807) is 5.56 Å². The molecule has 1 unspecified atom stereocenters. The molecule has 0 aliphatic rings. The van der Waals surface area contributed by atoms with Gasteiger partial charge in [0.05, 0.1) is 0 Å². The van der Waals surface area contributed by atoms with Crippen LogP contribution >= 0.6 is 23.5 Å². The second kappa shape index (κ2) is 11.7. The molecule has 2 rings (SSSR count). The van der Waals surface area contributed by atoms with Crippen molar-refractivity contribution in [1.29, 1.82) is 0 Å². The summed E-state index contributed by atoms with van der Waals surface area (Å²) in [5, 5.41) is 0.476. The van der Waals surface area contributed by atoms with Gasteiger partial charge in [-0.15, -0.1) is 23.5 Å². The first-order chi connectivity index (χ1) is 15.4. The Morgan fingerprint density at radius 2 is 1.30 bits per heavy atom. The summed E-state index contributed by atoms with van der Waals surface area (Å²) in [6.07, 6.45) is 5.91. The van der Waals surface area contributed by atoms with Crippen molar-refractivity contribution in [3.05, 3.63) is 59.2 Å². The molecule has 2 heteroatoms. The second-order valence-electron chi connectivity index (χ2n) is 11.4. The van der Waals surface area contributed by atoms with Crippen molar-refractivity contribution in [3.8, 4) is 0 Å². The predicted octanol–water partition coefficient (Wildman–Crippen LogP) is 11.0. The van der Waals surface area contributed by atoms with E-state index >= 15 is 0 Å². The Balaban J connectivity index is 2.52. The molecule has 0 amide bonds. The zero-order valence-electron chi connectivity index (χ0n) is 23.0. The molecule has 0 N–H and O–H groups in total. The van der Waals surface area contributed by atoms with E-state index in [2.05, 4.69) is 135 Å². The van der Waals surface area contributed by atoms with Crippen molar-refractivity contribution < 1.29 is 0 Å². The van der Waals surface area contributed by atoms with Gasteiger partial charge in [0, 0.05) is 19.8 Å². The first-order valence-electron chi connectivity index (χ1n) is 13.0. The van der Waals surface area contributed by atoms with Crippen molar-refractivity contribution >= 4 is 23.5 Å². The summed E-state index contributed by atoms with van der Waals surface area (Å²) in [5.41, 5.74) is 4.89. The van der Waals surface area contributed by atoms with Gasteiger partial charge < -0.3 is 0 Å². The van der Waals surface area contributed by atoms with Gasteiger partial charge in [-0.1, -0.05) is 99.9 Å². The normalized spacial score (nSPS) is 13.9. The Morgan fingerprint density at radius 3 is 1.79 bits per heavy atom. The van der Waals surface area contributed by atoms with Crippen LogP contribution < -0.4 is 0 Å². The quantitative estimate of drug-likeness (QED) is 0.291. The summed E-state index contributed by atoms with van der Waals surface area (Å²) in [4.78, 5) is 2.85. The van der Waals surface area contributed by atoms with Gasteiger partial charge in [0.25, 0.3) is 0 Å². The third-order valence-electron chi connectivity index (χ3n) is 7.40. The fourth-order valence-corrected chi connectivity index (χ4v) is 6.60. The molecule has 0 radical (unpaired) electrons. The molecule has 33 heavy (non-hydrogen) atoms. The second-order valence-corrected chi connectivity index (χ2v) is 14.4.